The zero-order chi connectivity index (χ0) is 16.6. The molecule has 2 aliphatic rings. The molecule has 0 N–H and O–H groups in total. The molecule has 1 heterocycles. The number of hydrogen-bond acceptors (Lipinski definition) is 3. The van der Waals surface area contributed by atoms with Crippen LogP contribution in [0.2, 0.25) is 0 Å². The third-order valence-corrected chi connectivity index (χ3v) is 5.59. The number of benzene rings is 1. The van der Waals surface area contributed by atoms with Crippen molar-refractivity contribution >= 4 is 0 Å². The maximum Gasteiger partial charge on any atom is 0.119 e. The first kappa shape index (κ1) is 17.8. The van der Waals surface area contributed by atoms with Gasteiger partial charge in [-0.1, -0.05) is 31.4 Å². The van der Waals surface area contributed by atoms with E-state index in [1.54, 1.807) is 0 Å². The van der Waals surface area contributed by atoms with Crippen LogP contribution in [0.15, 0.2) is 24.3 Å². The predicted octanol–water partition coefficient (Wildman–Crippen LogP) is 3.96. The fourth-order valence-corrected chi connectivity index (χ4v) is 4.16. The topological polar surface area (TPSA) is 15.7 Å². The third-order valence-electron chi connectivity index (χ3n) is 5.59. The van der Waals surface area contributed by atoms with Crippen molar-refractivity contribution in [2.24, 2.45) is 5.92 Å². The minimum Gasteiger partial charge on any atom is -0.492 e. The first-order valence-electron chi connectivity index (χ1n) is 9.94. The molecule has 0 bridgehead atoms. The van der Waals surface area contributed by atoms with Crippen LogP contribution < -0.4 is 4.74 Å². The summed E-state index contributed by atoms with van der Waals surface area (Å²) >= 11 is 0. The average Bonchev–Trinajstić information content (AvgIpc) is 2.81. The first-order valence-corrected chi connectivity index (χ1v) is 9.94. The maximum atomic E-state index is 5.92. The van der Waals surface area contributed by atoms with E-state index in [0.717, 1.165) is 24.8 Å². The number of rotatable bonds is 6. The van der Waals surface area contributed by atoms with Gasteiger partial charge in [0.25, 0.3) is 0 Å². The van der Waals surface area contributed by atoms with Crippen molar-refractivity contribution < 1.29 is 4.74 Å². The van der Waals surface area contributed by atoms with Gasteiger partial charge >= 0.3 is 0 Å². The van der Waals surface area contributed by atoms with E-state index in [-0.39, 0.29) is 0 Å². The molecule has 0 unspecified atom stereocenters. The van der Waals surface area contributed by atoms with Crippen LogP contribution in [0.1, 0.15) is 44.1 Å². The monoisotopic (exact) mass is 330 g/mol. The summed E-state index contributed by atoms with van der Waals surface area (Å²) in [5, 5.41) is 0. The second-order valence-corrected chi connectivity index (χ2v) is 7.66. The van der Waals surface area contributed by atoms with Crippen LogP contribution in [0.25, 0.3) is 0 Å². The van der Waals surface area contributed by atoms with Gasteiger partial charge < -0.3 is 9.64 Å². The summed E-state index contributed by atoms with van der Waals surface area (Å²) in [4.78, 5) is 5.30. The van der Waals surface area contributed by atoms with E-state index in [1.807, 2.05) is 0 Å². The van der Waals surface area contributed by atoms with Crippen molar-refractivity contribution in [3.05, 3.63) is 29.8 Å². The van der Waals surface area contributed by atoms with Crippen molar-refractivity contribution in [2.45, 2.75) is 45.4 Å². The SMILES string of the molecule is Cc1cccc(OCCN2CCCN(CC3CCCCC3)CC2)c1. The van der Waals surface area contributed by atoms with Crippen LogP contribution >= 0.6 is 0 Å². The van der Waals surface area contributed by atoms with Gasteiger partial charge in [0.2, 0.25) is 0 Å². The first-order chi connectivity index (χ1) is 11.8. The van der Waals surface area contributed by atoms with Crippen LogP contribution in [0.4, 0.5) is 0 Å². The number of ether oxygens (including phenoxy) is 1. The van der Waals surface area contributed by atoms with Crippen LogP contribution in [0.3, 0.4) is 0 Å². The van der Waals surface area contributed by atoms with Gasteiger partial charge in [-0.15, -0.1) is 0 Å². The van der Waals surface area contributed by atoms with Gasteiger partial charge in [0.15, 0.2) is 0 Å². The molecule has 3 nitrogen and oxygen atoms in total. The fourth-order valence-electron chi connectivity index (χ4n) is 4.16. The standard InChI is InChI=1S/C21H34N2O/c1-19-7-5-10-21(17-19)24-16-15-22-11-6-12-23(14-13-22)18-20-8-3-2-4-9-20/h5,7,10,17,20H,2-4,6,8-9,11-16,18H2,1H3. The molecule has 3 heteroatoms. The highest BCUT2D eigenvalue weighted by molar-refractivity contribution is 5.27. The van der Waals surface area contributed by atoms with Crippen molar-refractivity contribution in [3.8, 4) is 5.75 Å². The molecule has 1 saturated carbocycles. The summed E-state index contributed by atoms with van der Waals surface area (Å²) in [6.07, 6.45) is 8.61. The Bertz CT molecular complexity index is 484. The molecule has 0 atom stereocenters. The van der Waals surface area contributed by atoms with Gasteiger partial charge in [0, 0.05) is 26.2 Å². The predicted molar refractivity (Wildman–Crippen MR) is 101 cm³/mol. The minimum atomic E-state index is 0.798. The lowest BCUT2D eigenvalue weighted by Crippen LogP contribution is -2.35. The largest absolute Gasteiger partial charge is 0.492 e. The molecule has 0 aromatic heterocycles. The number of hydrogen-bond donors (Lipinski definition) is 0. The number of nitrogens with zero attached hydrogens (tertiary/aromatic N) is 2. The molecule has 0 spiro atoms. The highest BCUT2D eigenvalue weighted by atomic mass is 16.5. The zero-order valence-electron chi connectivity index (χ0n) is 15.4. The lowest BCUT2D eigenvalue weighted by molar-refractivity contribution is 0.190. The van der Waals surface area contributed by atoms with Crippen LogP contribution in [0.5, 0.6) is 5.75 Å². The van der Waals surface area contributed by atoms with Gasteiger partial charge in [0.1, 0.15) is 12.4 Å². The lowest BCUT2D eigenvalue weighted by atomic mass is 9.89. The second kappa shape index (κ2) is 9.43. The van der Waals surface area contributed by atoms with Gasteiger partial charge in [0.05, 0.1) is 0 Å². The molecule has 0 radical (unpaired) electrons. The van der Waals surface area contributed by atoms with E-state index in [2.05, 4.69) is 41.0 Å². The molecule has 1 aromatic rings. The molecule has 1 aliphatic carbocycles. The molecule has 0 amide bonds. The minimum absolute atomic E-state index is 0.798. The van der Waals surface area contributed by atoms with E-state index in [9.17, 15) is 0 Å². The fraction of sp³-hybridized carbons (Fsp3) is 0.714. The van der Waals surface area contributed by atoms with Gasteiger partial charge in [-0.3, -0.25) is 4.90 Å². The second-order valence-electron chi connectivity index (χ2n) is 7.66. The lowest BCUT2D eigenvalue weighted by Gasteiger charge is -2.28. The normalized spacial score (nSPS) is 21.5. The molecular weight excluding hydrogens is 296 g/mol. The maximum absolute atomic E-state index is 5.92. The average molecular weight is 331 g/mol. The van der Waals surface area contributed by atoms with E-state index in [0.29, 0.717) is 0 Å². The highest BCUT2D eigenvalue weighted by Gasteiger charge is 2.20. The Morgan fingerprint density at radius 2 is 1.75 bits per heavy atom. The number of aryl methyl sites for hydroxylation is 1. The smallest absolute Gasteiger partial charge is 0.119 e. The Labute approximate surface area is 148 Å². The third kappa shape index (κ3) is 5.78. The van der Waals surface area contributed by atoms with Crippen LogP contribution in [-0.2, 0) is 0 Å². The Morgan fingerprint density at radius 1 is 0.958 bits per heavy atom. The van der Waals surface area contributed by atoms with Gasteiger partial charge in [-0.25, -0.2) is 0 Å². The van der Waals surface area contributed by atoms with E-state index >= 15 is 0 Å². The summed E-state index contributed by atoms with van der Waals surface area (Å²) in [7, 11) is 0. The van der Waals surface area contributed by atoms with Gasteiger partial charge in [-0.05, 0) is 62.9 Å². The van der Waals surface area contributed by atoms with E-state index in [4.69, 9.17) is 4.74 Å². The van der Waals surface area contributed by atoms with Crippen LogP contribution in [0, 0.1) is 12.8 Å². The highest BCUT2D eigenvalue weighted by Crippen LogP contribution is 2.24. The summed E-state index contributed by atoms with van der Waals surface area (Å²) in [5.41, 5.74) is 1.26. The molecule has 1 aliphatic heterocycles. The molecular formula is C21H34N2O. The Kier molecular flexibility index (Phi) is 6.98. The quantitative estimate of drug-likeness (QED) is 0.785. The molecule has 2 fully saturated rings. The molecule has 24 heavy (non-hydrogen) atoms. The van der Waals surface area contributed by atoms with Crippen LogP contribution in [-0.4, -0.2) is 55.7 Å². The van der Waals surface area contributed by atoms with Gasteiger partial charge in [-0.2, -0.15) is 0 Å². The van der Waals surface area contributed by atoms with Crippen molar-refractivity contribution in [1.82, 2.24) is 9.80 Å². The summed E-state index contributed by atoms with van der Waals surface area (Å²) in [6, 6.07) is 8.36. The molecule has 3 rings (SSSR count). The molecule has 1 saturated heterocycles. The Hall–Kier alpha value is -1.06. The molecule has 134 valence electrons. The van der Waals surface area contributed by atoms with Crippen molar-refractivity contribution in [2.75, 3.05) is 45.9 Å². The Balaban J connectivity index is 1.36. The van der Waals surface area contributed by atoms with Crippen molar-refractivity contribution in [1.29, 1.82) is 0 Å². The Morgan fingerprint density at radius 3 is 2.58 bits per heavy atom. The van der Waals surface area contributed by atoms with Crippen molar-refractivity contribution in [3.63, 3.8) is 0 Å². The summed E-state index contributed by atoms with van der Waals surface area (Å²) < 4.78 is 5.92. The zero-order valence-corrected chi connectivity index (χ0v) is 15.4. The summed E-state index contributed by atoms with van der Waals surface area (Å²) in [5.74, 6) is 1.97. The molecule has 1 aromatic carbocycles. The van der Waals surface area contributed by atoms with E-state index < -0.39 is 0 Å². The summed E-state index contributed by atoms with van der Waals surface area (Å²) in [6.45, 7) is 10.2. The van der Waals surface area contributed by atoms with E-state index in [1.165, 1.54) is 76.8 Å².